The van der Waals surface area contributed by atoms with Gasteiger partial charge in [-0.3, -0.25) is 9.59 Å². The molecule has 1 aromatic carbocycles. The predicted octanol–water partition coefficient (Wildman–Crippen LogP) is 2.19. The summed E-state index contributed by atoms with van der Waals surface area (Å²) in [6.45, 7) is 2.07. The largest absolute Gasteiger partial charge is 0.321 e. The van der Waals surface area contributed by atoms with Crippen molar-refractivity contribution in [2.24, 2.45) is 0 Å². The van der Waals surface area contributed by atoms with Crippen molar-refractivity contribution in [3.05, 3.63) is 64.1 Å². The van der Waals surface area contributed by atoms with Crippen LogP contribution in [0.25, 0.3) is 0 Å². The molecule has 4 heteroatoms. The average Bonchev–Trinajstić information content (AvgIpc) is 2.39. The molecule has 0 aliphatic heterocycles. The van der Waals surface area contributed by atoms with Gasteiger partial charge in [0.2, 0.25) is 5.56 Å². The highest BCUT2D eigenvalue weighted by Crippen LogP contribution is 2.10. The zero-order chi connectivity index (χ0) is 13.0. The number of amides is 1. The fraction of sp³-hybridized carbons (Fsp3) is 0.143. The number of aromatic nitrogens is 1. The molecule has 1 aromatic heterocycles. The van der Waals surface area contributed by atoms with Gasteiger partial charge in [-0.25, -0.2) is 0 Å². The number of hydrogen-bond donors (Lipinski definition) is 2. The summed E-state index contributed by atoms with van der Waals surface area (Å²) >= 11 is 0. The second kappa shape index (κ2) is 5.31. The summed E-state index contributed by atoms with van der Waals surface area (Å²) < 4.78 is 0. The maximum atomic E-state index is 11.8. The molecular weight excluding hydrogens is 228 g/mol. The van der Waals surface area contributed by atoms with Crippen LogP contribution in [0.5, 0.6) is 0 Å². The lowest BCUT2D eigenvalue weighted by Crippen LogP contribution is -2.17. The molecule has 2 N–H and O–H groups in total. The van der Waals surface area contributed by atoms with E-state index in [4.69, 9.17) is 0 Å². The maximum absolute atomic E-state index is 11.8. The summed E-state index contributed by atoms with van der Waals surface area (Å²) in [7, 11) is 0. The van der Waals surface area contributed by atoms with Crippen LogP contribution in [-0.2, 0) is 6.42 Å². The van der Waals surface area contributed by atoms with Crippen LogP contribution < -0.4 is 10.9 Å². The Kier molecular flexibility index (Phi) is 3.57. The number of rotatable bonds is 3. The summed E-state index contributed by atoms with van der Waals surface area (Å²) in [6.07, 6.45) is 0.959. The number of anilines is 1. The highest BCUT2D eigenvalue weighted by atomic mass is 16.2. The SMILES string of the molecule is CCc1ccc(NC(=O)c2cccc(=O)[nH]2)cc1. The van der Waals surface area contributed by atoms with E-state index in [0.717, 1.165) is 6.42 Å². The van der Waals surface area contributed by atoms with E-state index >= 15 is 0 Å². The minimum absolute atomic E-state index is 0.252. The zero-order valence-corrected chi connectivity index (χ0v) is 10.1. The highest BCUT2D eigenvalue weighted by molar-refractivity contribution is 6.02. The Balaban J connectivity index is 2.13. The van der Waals surface area contributed by atoms with Gasteiger partial charge in [-0.15, -0.1) is 0 Å². The maximum Gasteiger partial charge on any atom is 0.272 e. The van der Waals surface area contributed by atoms with Crippen molar-refractivity contribution in [1.29, 1.82) is 0 Å². The zero-order valence-electron chi connectivity index (χ0n) is 10.1. The molecule has 1 amide bonds. The van der Waals surface area contributed by atoms with Crippen LogP contribution in [0.3, 0.4) is 0 Å². The first-order chi connectivity index (χ1) is 8.69. The molecule has 0 atom stereocenters. The van der Waals surface area contributed by atoms with Crippen LogP contribution in [0.4, 0.5) is 5.69 Å². The molecule has 1 heterocycles. The Labute approximate surface area is 105 Å². The second-order valence-electron chi connectivity index (χ2n) is 3.93. The van der Waals surface area contributed by atoms with Crippen LogP contribution >= 0.6 is 0 Å². The van der Waals surface area contributed by atoms with Crippen molar-refractivity contribution in [2.45, 2.75) is 13.3 Å². The molecule has 0 unspecified atom stereocenters. The Bertz CT molecular complexity index is 600. The van der Waals surface area contributed by atoms with Gasteiger partial charge >= 0.3 is 0 Å². The molecule has 2 rings (SSSR count). The molecule has 0 spiro atoms. The van der Waals surface area contributed by atoms with E-state index in [1.165, 1.54) is 11.6 Å². The summed E-state index contributed by atoms with van der Waals surface area (Å²) in [5.41, 5.74) is 1.88. The predicted molar refractivity (Wildman–Crippen MR) is 70.8 cm³/mol. The molecule has 4 nitrogen and oxygen atoms in total. The fourth-order valence-electron chi connectivity index (χ4n) is 1.60. The van der Waals surface area contributed by atoms with Crippen LogP contribution in [0.15, 0.2) is 47.3 Å². The third kappa shape index (κ3) is 2.85. The first-order valence-corrected chi connectivity index (χ1v) is 5.78. The molecule has 0 fully saturated rings. The lowest BCUT2D eigenvalue weighted by atomic mass is 10.1. The summed E-state index contributed by atoms with van der Waals surface area (Å²) in [6, 6.07) is 12.1. The van der Waals surface area contributed by atoms with E-state index in [2.05, 4.69) is 17.2 Å². The van der Waals surface area contributed by atoms with Gasteiger partial charge in [-0.05, 0) is 30.2 Å². The van der Waals surface area contributed by atoms with Crippen LogP contribution in [0.2, 0.25) is 0 Å². The molecule has 0 saturated carbocycles. The second-order valence-corrected chi connectivity index (χ2v) is 3.93. The molecule has 0 saturated heterocycles. The van der Waals surface area contributed by atoms with Crippen LogP contribution in [0, 0.1) is 0 Å². The number of hydrogen-bond acceptors (Lipinski definition) is 2. The molecule has 0 aliphatic rings. The van der Waals surface area contributed by atoms with Gasteiger partial charge in [0.25, 0.3) is 5.91 Å². The van der Waals surface area contributed by atoms with Gasteiger partial charge in [-0.1, -0.05) is 25.1 Å². The van der Waals surface area contributed by atoms with E-state index in [-0.39, 0.29) is 17.2 Å². The van der Waals surface area contributed by atoms with Gasteiger partial charge in [0.15, 0.2) is 0 Å². The van der Waals surface area contributed by atoms with Gasteiger partial charge in [0.05, 0.1) is 0 Å². The highest BCUT2D eigenvalue weighted by Gasteiger charge is 2.06. The Morgan fingerprint density at radius 1 is 1.17 bits per heavy atom. The van der Waals surface area contributed by atoms with Gasteiger partial charge in [-0.2, -0.15) is 0 Å². The van der Waals surface area contributed by atoms with Crippen molar-refractivity contribution in [2.75, 3.05) is 5.32 Å². The van der Waals surface area contributed by atoms with Crippen molar-refractivity contribution in [1.82, 2.24) is 4.98 Å². The summed E-state index contributed by atoms with van der Waals surface area (Å²) in [4.78, 5) is 25.4. The first-order valence-electron chi connectivity index (χ1n) is 5.78. The molecular formula is C14H14N2O2. The lowest BCUT2D eigenvalue weighted by Gasteiger charge is -2.05. The number of benzene rings is 1. The number of pyridine rings is 1. The van der Waals surface area contributed by atoms with Crippen LogP contribution in [-0.4, -0.2) is 10.9 Å². The lowest BCUT2D eigenvalue weighted by molar-refractivity contribution is 0.102. The topological polar surface area (TPSA) is 62.0 Å². The molecule has 0 radical (unpaired) electrons. The standard InChI is InChI=1S/C14H14N2O2/c1-2-10-6-8-11(9-7-10)15-14(18)12-4-3-5-13(17)16-12/h3-9H,2H2,1H3,(H,15,18)(H,16,17). The fourth-order valence-corrected chi connectivity index (χ4v) is 1.60. The van der Waals surface area contributed by atoms with E-state index in [1.54, 1.807) is 12.1 Å². The smallest absolute Gasteiger partial charge is 0.272 e. The number of carbonyl (C=O) groups is 1. The Hall–Kier alpha value is -2.36. The molecule has 2 aromatic rings. The Morgan fingerprint density at radius 2 is 1.89 bits per heavy atom. The average molecular weight is 242 g/mol. The van der Waals surface area contributed by atoms with Crippen molar-refractivity contribution in [3.8, 4) is 0 Å². The molecule has 0 aliphatic carbocycles. The number of carbonyl (C=O) groups excluding carboxylic acids is 1. The van der Waals surface area contributed by atoms with E-state index < -0.39 is 0 Å². The quantitative estimate of drug-likeness (QED) is 0.866. The van der Waals surface area contributed by atoms with Crippen molar-refractivity contribution in [3.63, 3.8) is 0 Å². The van der Waals surface area contributed by atoms with E-state index in [0.29, 0.717) is 5.69 Å². The number of aryl methyl sites for hydroxylation is 1. The number of aromatic amines is 1. The summed E-state index contributed by atoms with van der Waals surface area (Å²) in [5.74, 6) is -0.322. The van der Waals surface area contributed by atoms with E-state index in [1.807, 2.05) is 24.3 Å². The monoisotopic (exact) mass is 242 g/mol. The summed E-state index contributed by atoms with van der Waals surface area (Å²) in [5, 5.41) is 2.73. The third-order valence-electron chi connectivity index (χ3n) is 2.63. The number of nitrogens with one attached hydrogen (secondary N) is 2. The number of H-pyrrole nitrogens is 1. The molecule has 92 valence electrons. The molecule has 18 heavy (non-hydrogen) atoms. The Morgan fingerprint density at radius 3 is 2.50 bits per heavy atom. The van der Waals surface area contributed by atoms with Crippen LogP contribution in [0.1, 0.15) is 23.0 Å². The third-order valence-corrected chi connectivity index (χ3v) is 2.63. The van der Waals surface area contributed by atoms with Gasteiger partial charge < -0.3 is 10.3 Å². The van der Waals surface area contributed by atoms with Crippen molar-refractivity contribution >= 4 is 11.6 Å². The minimum atomic E-state index is -0.322. The minimum Gasteiger partial charge on any atom is -0.321 e. The first kappa shape index (κ1) is 12.1. The van der Waals surface area contributed by atoms with Gasteiger partial charge in [0.1, 0.15) is 5.69 Å². The molecule has 0 bridgehead atoms. The van der Waals surface area contributed by atoms with Gasteiger partial charge in [0, 0.05) is 11.8 Å². The van der Waals surface area contributed by atoms with E-state index in [9.17, 15) is 9.59 Å². The normalized spacial score (nSPS) is 10.1. The van der Waals surface area contributed by atoms with Crippen molar-refractivity contribution < 1.29 is 4.79 Å².